The van der Waals surface area contributed by atoms with Gasteiger partial charge in [0.1, 0.15) is 6.33 Å². The first kappa shape index (κ1) is 15.3. The maximum absolute atomic E-state index is 11.7. The topological polar surface area (TPSA) is 112 Å². The zero-order valence-corrected chi connectivity index (χ0v) is 12.0. The molecule has 116 valence electrons. The molecular formula is C13H22N6O2. The van der Waals surface area contributed by atoms with Gasteiger partial charge in [0.15, 0.2) is 0 Å². The quantitative estimate of drug-likeness (QED) is 0.590. The number of carbonyl (C=O) groups is 2. The maximum Gasteiger partial charge on any atom is 0.315 e. The average molecular weight is 294 g/mol. The van der Waals surface area contributed by atoms with E-state index in [1.54, 1.807) is 0 Å². The van der Waals surface area contributed by atoms with E-state index in [0.717, 1.165) is 12.8 Å². The van der Waals surface area contributed by atoms with Gasteiger partial charge in [0, 0.05) is 19.0 Å². The Balaban J connectivity index is 1.52. The van der Waals surface area contributed by atoms with Crippen LogP contribution in [0, 0.1) is 0 Å². The minimum atomic E-state index is -0.152. The minimum Gasteiger partial charge on any atom is -0.338 e. The highest BCUT2D eigenvalue weighted by molar-refractivity contribution is 5.88. The molecule has 0 aliphatic heterocycles. The van der Waals surface area contributed by atoms with E-state index in [0.29, 0.717) is 31.4 Å². The summed E-state index contributed by atoms with van der Waals surface area (Å²) in [6.45, 7) is 0.475. The largest absolute Gasteiger partial charge is 0.338 e. The predicted octanol–water partition coefficient (Wildman–Crippen LogP) is 1.16. The van der Waals surface area contributed by atoms with Crippen molar-refractivity contribution in [3.8, 4) is 0 Å². The normalized spacial score (nSPS) is 15.4. The lowest BCUT2D eigenvalue weighted by Crippen LogP contribution is -2.43. The summed E-state index contributed by atoms with van der Waals surface area (Å²) in [6.07, 6.45) is 7.99. The number of nitrogens with zero attached hydrogens (tertiary/aromatic N) is 2. The van der Waals surface area contributed by atoms with Crippen LogP contribution in [-0.4, -0.2) is 39.7 Å². The molecule has 1 aliphatic rings. The molecule has 4 N–H and O–H groups in total. The van der Waals surface area contributed by atoms with E-state index < -0.39 is 0 Å². The van der Waals surface area contributed by atoms with Crippen molar-refractivity contribution in [3.63, 3.8) is 0 Å². The monoisotopic (exact) mass is 294 g/mol. The third-order valence-corrected chi connectivity index (χ3v) is 3.48. The van der Waals surface area contributed by atoms with Gasteiger partial charge in [-0.25, -0.2) is 9.89 Å². The number of aromatic nitrogens is 3. The first-order chi connectivity index (χ1) is 10.2. The van der Waals surface area contributed by atoms with E-state index in [9.17, 15) is 9.59 Å². The van der Waals surface area contributed by atoms with Gasteiger partial charge >= 0.3 is 6.03 Å². The SMILES string of the molecule is O=C(CCCNC(=O)NC1CCCCC1)Nc1ncn[nH]1. The first-order valence-electron chi connectivity index (χ1n) is 7.43. The molecule has 0 radical (unpaired) electrons. The third-order valence-electron chi connectivity index (χ3n) is 3.48. The molecule has 21 heavy (non-hydrogen) atoms. The lowest BCUT2D eigenvalue weighted by Gasteiger charge is -2.22. The molecule has 8 nitrogen and oxygen atoms in total. The van der Waals surface area contributed by atoms with Crippen LogP contribution in [0.5, 0.6) is 0 Å². The van der Waals surface area contributed by atoms with Crippen molar-refractivity contribution >= 4 is 17.9 Å². The van der Waals surface area contributed by atoms with Crippen LogP contribution in [0.3, 0.4) is 0 Å². The van der Waals surface area contributed by atoms with Gasteiger partial charge in [-0.1, -0.05) is 19.3 Å². The Labute approximate surface area is 123 Å². The fourth-order valence-corrected chi connectivity index (χ4v) is 2.39. The number of aromatic amines is 1. The average Bonchev–Trinajstić information content (AvgIpc) is 2.97. The molecule has 0 aromatic carbocycles. The Morgan fingerprint density at radius 2 is 2.10 bits per heavy atom. The fraction of sp³-hybridized carbons (Fsp3) is 0.692. The molecule has 0 spiro atoms. The van der Waals surface area contributed by atoms with E-state index in [2.05, 4.69) is 31.1 Å². The second-order valence-corrected chi connectivity index (χ2v) is 5.22. The Kier molecular flexibility index (Phi) is 5.99. The molecule has 2 rings (SSSR count). The van der Waals surface area contributed by atoms with E-state index in [4.69, 9.17) is 0 Å². The van der Waals surface area contributed by atoms with Gasteiger partial charge in [-0.05, 0) is 19.3 Å². The summed E-state index contributed by atoms with van der Waals surface area (Å²) in [6, 6.07) is 0.158. The number of urea groups is 1. The van der Waals surface area contributed by atoms with Crippen LogP contribution < -0.4 is 16.0 Å². The van der Waals surface area contributed by atoms with Crippen LogP contribution >= 0.6 is 0 Å². The van der Waals surface area contributed by atoms with E-state index >= 15 is 0 Å². The summed E-state index contributed by atoms with van der Waals surface area (Å²) in [7, 11) is 0. The summed E-state index contributed by atoms with van der Waals surface area (Å²) in [4.78, 5) is 27.0. The summed E-state index contributed by atoms with van der Waals surface area (Å²) in [5.41, 5.74) is 0. The molecule has 0 unspecified atom stereocenters. The number of rotatable bonds is 6. The number of nitrogens with one attached hydrogen (secondary N) is 4. The molecule has 0 atom stereocenters. The molecule has 3 amide bonds. The molecule has 1 heterocycles. The zero-order valence-electron chi connectivity index (χ0n) is 12.0. The number of amides is 3. The minimum absolute atomic E-state index is 0.141. The summed E-state index contributed by atoms with van der Waals surface area (Å²) in [5, 5.41) is 14.5. The Morgan fingerprint density at radius 1 is 1.29 bits per heavy atom. The van der Waals surface area contributed by atoms with Crippen LogP contribution in [0.15, 0.2) is 6.33 Å². The van der Waals surface area contributed by atoms with Crippen molar-refractivity contribution in [2.24, 2.45) is 0 Å². The molecular weight excluding hydrogens is 272 g/mol. The van der Waals surface area contributed by atoms with Crippen molar-refractivity contribution < 1.29 is 9.59 Å². The lowest BCUT2D eigenvalue weighted by molar-refractivity contribution is -0.116. The summed E-state index contributed by atoms with van der Waals surface area (Å²) in [5.74, 6) is 0.184. The van der Waals surface area contributed by atoms with Crippen molar-refractivity contribution in [3.05, 3.63) is 6.33 Å². The van der Waals surface area contributed by atoms with Crippen molar-refractivity contribution in [1.82, 2.24) is 25.8 Å². The van der Waals surface area contributed by atoms with Gasteiger partial charge < -0.3 is 10.6 Å². The zero-order chi connectivity index (χ0) is 14.9. The highest BCUT2D eigenvalue weighted by atomic mass is 16.2. The Morgan fingerprint density at radius 3 is 2.81 bits per heavy atom. The van der Waals surface area contributed by atoms with Crippen LogP contribution in [-0.2, 0) is 4.79 Å². The van der Waals surface area contributed by atoms with Gasteiger partial charge in [-0.2, -0.15) is 10.1 Å². The van der Waals surface area contributed by atoms with Crippen molar-refractivity contribution in [2.45, 2.75) is 51.0 Å². The highest BCUT2D eigenvalue weighted by Gasteiger charge is 2.15. The van der Waals surface area contributed by atoms with Gasteiger partial charge in [-0.15, -0.1) is 0 Å². The van der Waals surface area contributed by atoms with E-state index in [1.807, 2.05) is 0 Å². The second-order valence-electron chi connectivity index (χ2n) is 5.22. The van der Waals surface area contributed by atoms with Crippen LogP contribution in [0.25, 0.3) is 0 Å². The Bertz CT molecular complexity index is 442. The number of H-pyrrole nitrogens is 1. The number of anilines is 1. The molecule has 1 aliphatic carbocycles. The predicted molar refractivity (Wildman–Crippen MR) is 77.7 cm³/mol. The van der Waals surface area contributed by atoms with Crippen LogP contribution in [0.4, 0.5) is 10.7 Å². The second kappa shape index (κ2) is 8.23. The molecule has 1 aromatic rings. The molecule has 0 saturated heterocycles. The van der Waals surface area contributed by atoms with Gasteiger partial charge in [0.05, 0.1) is 0 Å². The first-order valence-corrected chi connectivity index (χ1v) is 7.43. The molecule has 1 fully saturated rings. The number of carbonyl (C=O) groups excluding carboxylic acids is 2. The summed E-state index contributed by atoms with van der Waals surface area (Å²) < 4.78 is 0. The maximum atomic E-state index is 11.7. The van der Waals surface area contributed by atoms with Gasteiger partial charge in [-0.3, -0.25) is 10.1 Å². The smallest absolute Gasteiger partial charge is 0.315 e. The number of hydrogen-bond donors (Lipinski definition) is 4. The van der Waals surface area contributed by atoms with Crippen LogP contribution in [0.2, 0.25) is 0 Å². The van der Waals surface area contributed by atoms with Gasteiger partial charge in [0.2, 0.25) is 11.9 Å². The van der Waals surface area contributed by atoms with Crippen molar-refractivity contribution in [2.75, 3.05) is 11.9 Å². The molecule has 1 saturated carbocycles. The number of hydrogen-bond acceptors (Lipinski definition) is 4. The lowest BCUT2D eigenvalue weighted by atomic mass is 9.96. The fourth-order valence-electron chi connectivity index (χ4n) is 2.39. The van der Waals surface area contributed by atoms with E-state index in [1.165, 1.54) is 25.6 Å². The third kappa shape index (κ3) is 5.80. The van der Waals surface area contributed by atoms with Crippen molar-refractivity contribution in [1.29, 1.82) is 0 Å². The Hall–Kier alpha value is -2.12. The highest BCUT2D eigenvalue weighted by Crippen LogP contribution is 2.17. The standard InChI is InChI=1S/C13H22N6O2/c20-11(18-12-15-9-16-19-12)7-4-8-14-13(21)17-10-5-2-1-3-6-10/h9-10H,1-8H2,(H2,14,17,21)(H2,15,16,18,19,20). The molecule has 1 aromatic heterocycles. The molecule has 8 heteroatoms. The van der Waals surface area contributed by atoms with Gasteiger partial charge in [0.25, 0.3) is 0 Å². The molecule has 0 bridgehead atoms. The summed E-state index contributed by atoms with van der Waals surface area (Å²) >= 11 is 0. The van der Waals surface area contributed by atoms with Crippen LogP contribution in [0.1, 0.15) is 44.9 Å². The van der Waals surface area contributed by atoms with E-state index in [-0.39, 0.29) is 11.9 Å².